The topological polar surface area (TPSA) is 77.5 Å². The van der Waals surface area contributed by atoms with Gasteiger partial charge in [-0.2, -0.15) is 0 Å². The molecule has 1 N–H and O–H groups in total. The van der Waals surface area contributed by atoms with Crippen LogP contribution in [0.25, 0.3) is 0 Å². The number of rotatable bonds is 5. The number of nitrogens with zero attached hydrogens (tertiary/aromatic N) is 1. The number of ether oxygens (including phenoxy) is 2. The lowest BCUT2D eigenvalue weighted by Crippen LogP contribution is -2.31. The van der Waals surface area contributed by atoms with Crippen LogP contribution < -0.4 is 5.32 Å². The zero-order valence-corrected chi connectivity index (χ0v) is 14.0. The molecule has 0 aromatic carbocycles. The molecule has 7 heteroatoms. The Morgan fingerprint density at radius 3 is 2.77 bits per heavy atom. The van der Waals surface area contributed by atoms with Crippen molar-refractivity contribution < 1.29 is 19.1 Å². The van der Waals surface area contributed by atoms with Crippen molar-refractivity contribution in [3.05, 3.63) is 16.1 Å². The summed E-state index contributed by atoms with van der Waals surface area (Å²) in [6.07, 6.45) is 0. The first-order valence-electron chi connectivity index (χ1n) is 6.86. The highest BCUT2D eigenvalue weighted by Gasteiger charge is 2.15. The molecular weight excluding hydrogens is 304 g/mol. The van der Waals surface area contributed by atoms with Crippen molar-refractivity contribution in [2.24, 2.45) is 0 Å². The molecule has 1 rings (SSSR count). The number of carbonyl (C=O) groups excluding carboxylic acids is 2. The van der Waals surface area contributed by atoms with Gasteiger partial charge in [0.15, 0.2) is 10.7 Å². The molecule has 1 aromatic heterocycles. The normalized spacial score (nSPS) is 10.5. The fraction of sp³-hybridized carbons (Fsp3) is 0.533. The maximum absolute atomic E-state index is 11.4. The summed E-state index contributed by atoms with van der Waals surface area (Å²) in [5, 5.41) is 5.00. The number of hydrogen-bond acceptors (Lipinski definition) is 7. The van der Waals surface area contributed by atoms with E-state index in [1.165, 1.54) is 11.3 Å². The number of thiazole rings is 1. The van der Waals surface area contributed by atoms with Gasteiger partial charge in [0.25, 0.3) is 0 Å². The van der Waals surface area contributed by atoms with Crippen LogP contribution in [0.4, 0.5) is 0 Å². The van der Waals surface area contributed by atoms with E-state index >= 15 is 0 Å². The summed E-state index contributed by atoms with van der Waals surface area (Å²) < 4.78 is 9.99. The molecule has 0 aliphatic heterocycles. The Morgan fingerprint density at radius 2 is 2.14 bits per heavy atom. The van der Waals surface area contributed by atoms with Gasteiger partial charge in [-0.25, -0.2) is 9.78 Å². The first-order chi connectivity index (χ1) is 10.3. The third kappa shape index (κ3) is 7.20. The van der Waals surface area contributed by atoms with Gasteiger partial charge in [-0.3, -0.25) is 10.1 Å². The SMILES string of the molecule is CCOC(=O)c1csc(C#CCNCC(=O)OC(C)(C)C)n1. The molecule has 0 atom stereocenters. The van der Waals surface area contributed by atoms with Crippen LogP contribution in [0, 0.1) is 11.8 Å². The first-order valence-corrected chi connectivity index (χ1v) is 7.74. The van der Waals surface area contributed by atoms with E-state index in [4.69, 9.17) is 9.47 Å². The number of carbonyl (C=O) groups is 2. The van der Waals surface area contributed by atoms with E-state index in [1.54, 1.807) is 12.3 Å². The van der Waals surface area contributed by atoms with E-state index in [2.05, 4.69) is 22.1 Å². The molecule has 0 saturated heterocycles. The summed E-state index contributed by atoms with van der Waals surface area (Å²) in [5.41, 5.74) is -0.229. The van der Waals surface area contributed by atoms with Gasteiger partial charge in [-0.05, 0) is 33.6 Å². The second kappa shape index (κ2) is 8.51. The van der Waals surface area contributed by atoms with Crippen molar-refractivity contribution in [3.8, 4) is 11.8 Å². The summed E-state index contributed by atoms with van der Waals surface area (Å²) in [7, 11) is 0. The summed E-state index contributed by atoms with van der Waals surface area (Å²) in [4.78, 5) is 26.9. The second-order valence-corrected chi connectivity index (χ2v) is 6.11. The monoisotopic (exact) mass is 324 g/mol. The molecule has 0 aliphatic carbocycles. The van der Waals surface area contributed by atoms with Gasteiger partial charge >= 0.3 is 11.9 Å². The lowest BCUT2D eigenvalue weighted by atomic mass is 10.2. The minimum atomic E-state index is -0.491. The maximum atomic E-state index is 11.4. The third-order valence-corrected chi connectivity index (χ3v) is 2.84. The van der Waals surface area contributed by atoms with Gasteiger partial charge in [0, 0.05) is 5.38 Å². The molecule has 0 unspecified atom stereocenters. The quantitative estimate of drug-likeness (QED) is 0.504. The predicted molar refractivity (Wildman–Crippen MR) is 83.7 cm³/mol. The Kier molecular flexibility index (Phi) is 7.02. The van der Waals surface area contributed by atoms with E-state index < -0.39 is 11.6 Å². The van der Waals surface area contributed by atoms with Crippen LogP contribution in [-0.4, -0.2) is 42.2 Å². The largest absolute Gasteiger partial charge is 0.461 e. The Hall–Kier alpha value is -1.91. The van der Waals surface area contributed by atoms with Crippen LogP contribution in [0.2, 0.25) is 0 Å². The van der Waals surface area contributed by atoms with Gasteiger partial charge in [-0.1, -0.05) is 5.92 Å². The highest BCUT2D eigenvalue weighted by atomic mass is 32.1. The Morgan fingerprint density at radius 1 is 1.41 bits per heavy atom. The third-order valence-electron chi connectivity index (χ3n) is 2.09. The highest BCUT2D eigenvalue weighted by Crippen LogP contribution is 2.09. The Labute approximate surface area is 134 Å². The van der Waals surface area contributed by atoms with E-state index in [-0.39, 0.29) is 18.2 Å². The lowest BCUT2D eigenvalue weighted by Gasteiger charge is -2.19. The molecular formula is C15H20N2O4S. The molecule has 0 radical (unpaired) electrons. The molecule has 1 aromatic rings. The standard InChI is InChI=1S/C15H20N2O4S/c1-5-20-14(19)11-10-22-12(17-11)7-6-8-16-9-13(18)21-15(2,3)4/h10,16H,5,8-9H2,1-4H3. The zero-order valence-electron chi connectivity index (χ0n) is 13.2. The van der Waals surface area contributed by atoms with Crippen molar-refractivity contribution in [2.45, 2.75) is 33.3 Å². The molecule has 0 spiro atoms. The zero-order chi connectivity index (χ0) is 16.6. The van der Waals surface area contributed by atoms with Crippen molar-refractivity contribution >= 4 is 23.3 Å². The van der Waals surface area contributed by atoms with E-state index in [0.29, 0.717) is 18.2 Å². The molecule has 0 amide bonds. The number of esters is 2. The fourth-order valence-corrected chi connectivity index (χ4v) is 2.01. The fourth-order valence-electron chi connectivity index (χ4n) is 1.35. The van der Waals surface area contributed by atoms with Crippen molar-refractivity contribution in [3.63, 3.8) is 0 Å². The van der Waals surface area contributed by atoms with Crippen LogP contribution in [0.3, 0.4) is 0 Å². The molecule has 0 bridgehead atoms. The average molecular weight is 324 g/mol. The minimum Gasteiger partial charge on any atom is -0.461 e. The highest BCUT2D eigenvalue weighted by molar-refractivity contribution is 7.10. The summed E-state index contributed by atoms with van der Waals surface area (Å²) >= 11 is 1.27. The summed E-state index contributed by atoms with van der Waals surface area (Å²) in [6, 6.07) is 0. The average Bonchev–Trinajstić information content (AvgIpc) is 2.85. The van der Waals surface area contributed by atoms with Gasteiger partial charge in [0.2, 0.25) is 0 Å². The molecule has 0 aliphatic rings. The molecule has 22 heavy (non-hydrogen) atoms. The van der Waals surface area contributed by atoms with Gasteiger partial charge in [0.1, 0.15) is 5.60 Å². The summed E-state index contributed by atoms with van der Waals surface area (Å²) in [6.45, 7) is 7.91. The van der Waals surface area contributed by atoms with Crippen LogP contribution in [0.15, 0.2) is 5.38 Å². The van der Waals surface area contributed by atoms with Crippen molar-refractivity contribution in [1.29, 1.82) is 0 Å². The Balaban J connectivity index is 2.36. The smallest absolute Gasteiger partial charge is 0.357 e. The molecule has 120 valence electrons. The van der Waals surface area contributed by atoms with Crippen LogP contribution in [0.5, 0.6) is 0 Å². The maximum Gasteiger partial charge on any atom is 0.357 e. The predicted octanol–water partition coefficient (Wildman–Crippen LogP) is 1.60. The van der Waals surface area contributed by atoms with E-state index in [9.17, 15) is 9.59 Å². The molecule has 0 saturated carbocycles. The lowest BCUT2D eigenvalue weighted by molar-refractivity contribution is -0.153. The number of nitrogens with one attached hydrogen (secondary N) is 1. The van der Waals surface area contributed by atoms with Gasteiger partial charge in [0.05, 0.1) is 19.7 Å². The molecule has 1 heterocycles. The Bertz CT molecular complexity index is 578. The summed E-state index contributed by atoms with van der Waals surface area (Å²) in [5.74, 6) is 4.88. The van der Waals surface area contributed by atoms with E-state index in [0.717, 1.165) is 0 Å². The van der Waals surface area contributed by atoms with Crippen LogP contribution in [0.1, 0.15) is 43.2 Å². The van der Waals surface area contributed by atoms with Crippen LogP contribution in [-0.2, 0) is 14.3 Å². The van der Waals surface area contributed by atoms with Gasteiger partial charge in [-0.15, -0.1) is 11.3 Å². The van der Waals surface area contributed by atoms with E-state index in [1.807, 2.05) is 20.8 Å². The minimum absolute atomic E-state index is 0.0951. The van der Waals surface area contributed by atoms with Gasteiger partial charge < -0.3 is 9.47 Å². The number of hydrogen-bond donors (Lipinski definition) is 1. The number of aromatic nitrogens is 1. The first kappa shape index (κ1) is 18.1. The molecule has 6 nitrogen and oxygen atoms in total. The second-order valence-electron chi connectivity index (χ2n) is 5.25. The van der Waals surface area contributed by atoms with Crippen molar-refractivity contribution in [2.75, 3.05) is 19.7 Å². The van der Waals surface area contributed by atoms with Crippen LogP contribution >= 0.6 is 11.3 Å². The molecule has 0 fully saturated rings. The van der Waals surface area contributed by atoms with Crippen molar-refractivity contribution in [1.82, 2.24) is 10.3 Å².